The van der Waals surface area contributed by atoms with Gasteiger partial charge in [-0.2, -0.15) is 0 Å². The molecule has 31 heavy (non-hydrogen) atoms. The molecule has 0 atom stereocenters. The van der Waals surface area contributed by atoms with E-state index in [9.17, 15) is 14.4 Å². The van der Waals surface area contributed by atoms with Gasteiger partial charge in [-0.05, 0) is 12.1 Å². The van der Waals surface area contributed by atoms with Crippen LogP contribution in [0.1, 0.15) is 31.1 Å². The molecule has 0 radical (unpaired) electrons. The number of carbonyl (C=O) groups excluding carboxylic acids is 3. The van der Waals surface area contributed by atoms with Crippen LogP contribution in [0, 0.1) is 0 Å². The third-order valence-electron chi connectivity index (χ3n) is 5.29. The fraction of sp³-hybridized carbons (Fsp3) is 0.115. The summed E-state index contributed by atoms with van der Waals surface area (Å²) in [5, 5.41) is 0. The first-order chi connectivity index (χ1) is 15.1. The first kappa shape index (κ1) is 20.3. The van der Waals surface area contributed by atoms with E-state index in [1.165, 1.54) is 4.90 Å². The molecule has 0 aromatic heterocycles. The van der Waals surface area contributed by atoms with E-state index >= 15 is 0 Å². The lowest BCUT2D eigenvalue weighted by molar-refractivity contribution is 0.0815. The van der Waals surface area contributed by atoms with E-state index in [2.05, 4.69) is 0 Å². The van der Waals surface area contributed by atoms with Gasteiger partial charge in [-0.25, -0.2) is 0 Å². The number of rotatable bonds is 5. The molecule has 0 aliphatic carbocycles. The lowest BCUT2D eigenvalue weighted by atomic mass is 9.95. The highest BCUT2D eigenvalue weighted by Crippen LogP contribution is 2.27. The Morgan fingerprint density at radius 3 is 1.48 bits per heavy atom. The highest BCUT2D eigenvalue weighted by atomic mass is 16.2. The van der Waals surface area contributed by atoms with Crippen LogP contribution in [0.25, 0.3) is 0 Å². The SMILES string of the molecule is CN1CCN(C(=O)c2ccccc2)C1=C(C(=O)c1ccccc1)C(=O)c1ccccc1. The highest BCUT2D eigenvalue weighted by Gasteiger charge is 2.36. The molecule has 5 heteroatoms. The minimum Gasteiger partial charge on any atom is -0.358 e. The van der Waals surface area contributed by atoms with E-state index in [0.29, 0.717) is 35.6 Å². The summed E-state index contributed by atoms with van der Waals surface area (Å²) in [7, 11) is 1.80. The monoisotopic (exact) mass is 410 g/mol. The fourth-order valence-corrected chi connectivity index (χ4v) is 3.70. The van der Waals surface area contributed by atoms with Crippen LogP contribution in [0.4, 0.5) is 0 Å². The summed E-state index contributed by atoms with van der Waals surface area (Å²) in [6, 6.07) is 26.3. The largest absolute Gasteiger partial charge is 0.358 e. The van der Waals surface area contributed by atoms with E-state index in [1.807, 2.05) is 18.2 Å². The molecule has 0 unspecified atom stereocenters. The first-order valence-electron chi connectivity index (χ1n) is 10.1. The Morgan fingerprint density at radius 1 is 0.613 bits per heavy atom. The van der Waals surface area contributed by atoms with Crippen molar-refractivity contribution in [3.8, 4) is 0 Å². The predicted octanol–water partition coefficient (Wildman–Crippen LogP) is 4.05. The number of ketones is 2. The van der Waals surface area contributed by atoms with Gasteiger partial charge in [0.05, 0.1) is 0 Å². The number of Topliss-reactive ketones (excluding diaryl/α,β-unsaturated/α-hetero) is 2. The Labute approximate surface area is 181 Å². The second-order valence-electron chi connectivity index (χ2n) is 7.33. The Bertz CT molecular complexity index is 1090. The number of benzene rings is 3. The van der Waals surface area contributed by atoms with Gasteiger partial charge in [-0.15, -0.1) is 0 Å². The van der Waals surface area contributed by atoms with Crippen LogP contribution >= 0.6 is 0 Å². The topological polar surface area (TPSA) is 57.7 Å². The minimum atomic E-state index is -0.399. The number of nitrogens with zero attached hydrogens (tertiary/aromatic N) is 2. The van der Waals surface area contributed by atoms with E-state index in [4.69, 9.17) is 0 Å². The summed E-state index contributed by atoms with van der Waals surface area (Å²) in [6.45, 7) is 0.925. The van der Waals surface area contributed by atoms with Gasteiger partial charge in [0.1, 0.15) is 11.4 Å². The molecule has 1 fully saturated rings. The maximum Gasteiger partial charge on any atom is 0.259 e. The van der Waals surface area contributed by atoms with Crippen molar-refractivity contribution in [3.63, 3.8) is 0 Å². The molecule has 154 valence electrons. The summed E-state index contributed by atoms with van der Waals surface area (Å²) >= 11 is 0. The van der Waals surface area contributed by atoms with Gasteiger partial charge >= 0.3 is 0 Å². The molecule has 1 heterocycles. The third kappa shape index (κ3) is 4.03. The van der Waals surface area contributed by atoms with Crippen molar-refractivity contribution in [1.29, 1.82) is 0 Å². The maximum absolute atomic E-state index is 13.6. The van der Waals surface area contributed by atoms with Crippen molar-refractivity contribution in [2.75, 3.05) is 20.1 Å². The fourth-order valence-electron chi connectivity index (χ4n) is 3.70. The second kappa shape index (κ2) is 8.79. The first-order valence-corrected chi connectivity index (χ1v) is 10.1. The zero-order valence-corrected chi connectivity index (χ0v) is 17.2. The number of hydrogen-bond acceptors (Lipinski definition) is 4. The van der Waals surface area contributed by atoms with Gasteiger partial charge in [0.15, 0.2) is 0 Å². The Balaban J connectivity index is 1.88. The molecule has 4 rings (SSSR count). The summed E-state index contributed by atoms with van der Waals surface area (Å²) in [5.74, 6) is -0.691. The van der Waals surface area contributed by atoms with Crippen molar-refractivity contribution in [1.82, 2.24) is 9.80 Å². The zero-order valence-electron chi connectivity index (χ0n) is 17.2. The molecule has 0 spiro atoms. The van der Waals surface area contributed by atoms with Gasteiger partial charge < -0.3 is 4.90 Å². The highest BCUT2D eigenvalue weighted by molar-refractivity contribution is 6.31. The van der Waals surface area contributed by atoms with Crippen molar-refractivity contribution >= 4 is 17.5 Å². The number of allylic oxidation sites excluding steroid dienone is 1. The van der Waals surface area contributed by atoms with Gasteiger partial charge in [0.2, 0.25) is 11.6 Å². The van der Waals surface area contributed by atoms with Crippen molar-refractivity contribution < 1.29 is 14.4 Å². The summed E-state index contributed by atoms with van der Waals surface area (Å²) in [6.07, 6.45) is 0. The van der Waals surface area contributed by atoms with Crippen LogP contribution in [0.2, 0.25) is 0 Å². The summed E-state index contributed by atoms with van der Waals surface area (Å²) in [5.41, 5.74) is 1.32. The third-order valence-corrected chi connectivity index (χ3v) is 5.29. The van der Waals surface area contributed by atoms with E-state index < -0.39 is 11.6 Å². The molecule has 5 nitrogen and oxygen atoms in total. The molecule has 3 aromatic rings. The summed E-state index contributed by atoms with van der Waals surface area (Å²) < 4.78 is 0. The van der Waals surface area contributed by atoms with E-state index in [0.717, 1.165) is 0 Å². The van der Waals surface area contributed by atoms with Crippen molar-refractivity contribution in [2.24, 2.45) is 0 Å². The van der Waals surface area contributed by atoms with E-state index in [-0.39, 0.29) is 11.5 Å². The number of likely N-dealkylation sites (N-methyl/N-ethyl adjacent to an activating group) is 1. The standard InChI is InChI=1S/C26H22N2O3/c1-27-17-18-28(26(31)21-15-9-4-10-16-21)25(27)22(23(29)19-11-5-2-6-12-19)24(30)20-13-7-3-8-14-20/h2-16H,17-18H2,1H3. The zero-order chi connectivity index (χ0) is 21.8. The summed E-state index contributed by atoms with van der Waals surface area (Å²) in [4.78, 5) is 43.7. The van der Waals surface area contributed by atoms with Crippen LogP contribution in [-0.4, -0.2) is 47.4 Å². The molecule has 0 bridgehead atoms. The molecular weight excluding hydrogens is 388 g/mol. The predicted molar refractivity (Wildman–Crippen MR) is 119 cm³/mol. The Hall–Kier alpha value is -3.99. The molecule has 0 saturated carbocycles. The maximum atomic E-state index is 13.6. The van der Waals surface area contributed by atoms with Crippen LogP contribution in [0.3, 0.4) is 0 Å². The van der Waals surface area contributed by atoms with E-state index in [1.54, 1.807) is 84.7 Å². The molecule has 0 N–H and O–H groups in total. The van der Waals surface area contributed by atoms with Gasteiger partial charge in [0.25, 0.3) is 5.91 Å². The average molecular weight is 410 g/mol. The number of hydrogen-bond donors (Lipinski definition) is 0. The smallest absolute Gasteiger partial charge is 0.259 e. The van der Waals surface area contributed by atoms with Crippen molar-refractivity contribution in [2.45, 2.75) is 0 Å². The minimum absolute atomic E-state index is 0.00156. The molecule has 1 amide bonds. The van der Waals surface area contributed by atoms with Crippen LogP contribution < -0.4 is 0 Å². The normalized spacial score (nSPS) is 13.3. The molecule has 1 saturated heterocycles. The Kier molecular flexibility index (Phi) is 5.76. The number of amides is 1. The molecule has 1 aliphatic heterocycles. The van der Waals surface area contributed by atoms with Gasteiger partial charge in [-0.1, -0.05) is 78.9 Å². The van der Waals surface area contributed by atoms with Gasteiger partial charge in [-0.3, -0.25) is 19.3 Å². The Morgan fingerprint density at radius 2 is 1.03 bits per heavy atom. The quantitative estimate of drug-likeness (QED) is 0.276. The second-order valence-corrected chi connectivity index (χ2v) is 7.33. The average Bonchev–Trinajstić information content (AvgIpc) is 3.21. The van der Waals surface area contributed by atoms with Crippen LogP contribution in [-0.2, 0) is 0 Å². The number of carbonyl (C=O) groups is 3. The lowest BCUT2D eigenvalue weighted by Crippen LogP contribution is -2.33. The molecular formula is C26H22N2O3. The van der Waals surface area contributed by atoms with Crippen LogP contribution in [0.15, 0.2) is 102 Å². The lowest BCUT2D eigenvalue weighted by Gasteiger charge is -2.24. The van der Waals surface area contributed by atoms with Crippen molar-refractivity contribution in [3.05, 3.63) is 119 Å². The molecule has 3 aromatic carbocycles. The van der Waals surface area contributed by atoms with Gasteiger partial charge in [0, 0.05) is 36.8 Å². The molecule has 1 aliphatic rings. The van der Waals surface area contributed by atoms with Crippen LogP contribution in [0.5, 0.6) is 0 Å².